The Morgan fingerprint density at radius 3 is 2.80 bits per heavy atom. The summed E-state index contributed by atoms with van der Waals surface area (Å²) in [5.74, 6) is 0.519. The highest BCUT2D eigenvalue weighted by Gasteiger charge is 2.35. The number of piperidine rings is 1. The van der Waals surface area contributed by atoms with Crippen LogP contribution in [-0.2, 0) is 23.9 Å². The number of rotatable bonds is 5. The highest BCUT2D eigenvalue weighted by molar-refractivity contribution is 5.98. The maximum absolute atomic E-state index is 15.6. The fraction of sp³-hybridized carbons (Fsp3) is 0.500. The van der Waals surface area contributed by atoms with Gasteiger partial charge in [0, 0.05) is 44.2 Å². The number of ether oxygens (including phenoxy) is 1. The summed E-state index contributed by atoms with van der Waals surface area (Å²) in [6, 6.07) is 8.99. The highest BCUT2D eigenvalue weighted by atomic mass is 19.1. The molecule has 9 nitrogen and oxygen atoms in total. The van der Waals surface area contributed by atoms with E-state index in [1.165, 1.54) is 6.07 Å². The number of aryl methyl sites for hydroxylation is 1. The molecule has 2 saturated heterocycles. The maximum atomic E-state index is 15.6. The number of aliphatic hydroxyl groups is 1. The highest BCUT2D eigenvalue weighted by Crippen LogP contribution is 2.37. The molecule has 2 N–H and O–H groups in total. The lowest BCUT2D eigenvalue weighted by Crippen LogP contribution is -2.59. The number of halogens is 1. The minimum absolute atomic E-state index is 0.0976. The number of hydrogen-bond acceptors (Lipinski definition) is 6. The lowest BCUT2D eigenvalue weighted by Gasteiger charge is -2.41. The molecule has 1 amide bonds. The zero-order chi connectivity index (χ0) is 27.8. The van der Waals surface area contributed by atoms with Gasteiger partial charge in [-0.2, -0.15) is 0 Å². The molecule has 2 atom stereocenters. The van der Waals surface area contributed by atoms with Crippen LogP contribution in [0.4, 0.5) is 4.39 Å². The van der Waals surface area contributed by atoms with Crippen LogP contribution in [0, 0.1) is 11.7 Å². The molecule has 3 fully saturated rings. The van der Waals surface area contributed by atoms with E-state index in [1.54, 1.807) is 29.4 Å². The van der Waals surface area contributed by atoms with Crippen LogP contribution in [0.15, 0.2) is 30.3 Å². The number of fused-ring (bicyclic) bond motifs is 3. The standard InChI is InChI=1S/C30H35FN6O3/c1-30(2,39)25-7-6-18-14-23(37(27(18)34-25)15-17-4-5-17)28-33-21-13-19(12-20(31)26(21)35(28)3)29(38)36-10-8-24-22(16-36)32-9-11-40-24/h6-7,12-14,17,22,24,32,39H,4-5,8-11,15-16H2,1-3H3/t22-,24+/m0/s1. The van der Waals surface area contributed by atoms with Crippen LogP contribution in [0.5, 0.6) is 0 Å². The van der Waals surface area contributed by atoms with Gasteiger partial charge in [0.1, 0.15) is 22.6 Å². The zero-order valence-electron chi connectivity index (χ0n) is 23.2. The van der Waals surface area contributed by atoms with Gasteiger partial charge in [0.05, 0.1) is 35.7 Å². The number of benzene rings is 1. The van der Waals surface area contributed by atoms with Crippen LogP contribution >= 0.6 is 0 Å². The summed E-state index contributed by atoms with van der Waals surface area (Å²) in [6.07, 6.45) is 3.20. The second kappa shape index (κ2) is 9.36. The van der Waals surface area contributed by atoms with E-state index in [0.717, 1.165) is 49.1 Å². The van der Waals surface area contributed by atoms with Crippen molar-refractivity contribution >= 4 is 28.0 Å². The van der Waals surface area contributed by atoms with Crippen molar-refractivity contribution in [3.05, 3.63) is 47.4 Å². The first-order valence-corrected chi connectivity index (χ1v) is 14.2. The number of nitrogens with one attached hydrogen (secondary N) is 1. The molecule has 5 heterocycles. The summed E-state index contributed by atoms with van der Waals surface area (Å²) in [6.45, 7) is 6.82. The third kappa shape index (κ3) is 4.38. The molecule has 1 aromatic carbocycles. The van der Waals surface area contributed by atoms with Gasteiger partial charge in [-0.05, 0) is 69.4 Å². The minimum Gasteiger partial charge on any atom is -0.384 e. The SMILES string of the molecule is Cn1c(-c2cc3ccc(C(C)(C)O)nc3n2CC2CC2)nc2cc(C(=O)N3CC[C@H]4OCCN[C@H]4C3)cc(F)c21. The zero-order valence-corrected chi connectivity index (χ0v) is 23.2. The molecule has 7 rings (SSSR count). The Balaban J connectivity index is 1.28. The Hall–Kier alpha value is -3.34. The average molecular weight is 547 g/mol. The molecule has 0 spiro atoms. The Kier molecular flexibility index (Phi) is 5.99. The average Bonchev–Trinajstić information content (AvgIpc) is 3.60. The summed E-state index contributed by atoms with van der Waals surface area (Å²) >= 11 is 0. The van der Waals surface area contributed by atoms with Crippen molar-refractivity contribution in [2.45, 2.75) is 57.4 Å². The van der Waals surface area contributed by atoms with Crippen molar-refractivity contribution in [1.29, 1.82) is 0 Å². The fourth-order valence-corrected chi connectivity index (χ4v) is 6.19. The number of carbonyl (C=O) groups is 1. The molecule has 0 unspecified atom stereocenters. The van der Waals surface area contributed by atoms with Crippen molar-refractivity contribution in [2.24, 2.45) is 13.0 Å². The largest absolute Gasteiger partial charge is 0.384 e. The van der Waals surface area contributed by atoms with Crippen molar-refractivity contribution in [3.63, 3.8) is 0 Å². The maximum Gasteiger partial charge on any atom is 0.254 e. The summed E-state index contributed by atoms with van der Waals surface area (Å²) in [5, 5.41) is 15.0. The number of hydrogen-bond donors (Lipinski definition) is 2. The lowest BCUT2D eigenvalue weighted by molar-refractivity contribution is -0.0383. The molecule has 1 saturated carbocycles. The van der Waals surface area contributed by atoms with E-state index in [1.807, 2.05) is 25.2 Å². The molecule has 3 aromatic heterocycles. The van der Waals surface area contributed by atoms with Crippen LogP contribution in [0.3, 0.4) is 0 Å². The summed E-state index contributed by atoms with van der Waals surface area (Å²) < 4.78 is 25.4. The Bertz CT molecular complexity index is 1630. The van der Waals surface area contributed by atoms with Crippen LogP contribution in [0.1, 0.15) is 49.2 Å². The normalized spacial score (nSPS) is 21.8. The van der Waals surface area contributed by atoms with Crippen LogP contribution in [0.25, 0.3) is 33.6 Å². The first kappa shape index (κ1) is 25.6. The van der Waals surface area contributed by atoms with Gasteiger partial charge in [0.25, 0.3) is 5.91 Å². The predicted octanol–water partition coefficient (Wildman–Crippen LogP) is 3.57. The third-order valence-electron chi connectivity index (χ3n) is 8.58. The number of amides is 1. The van der Waals surface area contributed by atoms with E-state index >= 15 is 4.39 Å². The number of pyridine rings is 1. The van der Waals surface area contributed by atoms with E-state index in [2.05, 4.69) is 9.88 Å². The summed E-state index contributed by atoms with van der Waals surface area (Å²) in [5.41, 5.74) is 2.28. The molecule has 0 bridgehead atoms. The molecular formula is C30H35FN6O3. The molecular weight excluding hydrogens is 511 g/mol. The number of morpholine rings is 1. The van der Waals surface area contributed by atoms with E-state index < -0.39 is 11.4 Å². The van der Waals surface area contributed by atoms with Gasteiger partial charge in [-0.1, -0.05) is 0 Å². The molecule has 2 aliphatic heterocycles. The van der Waals surface area contributed by atoms with Crippen LogP contribution in [0.2, 0.25) is 0 Å². The van der Waals surface area contributed by atoms with E-state index in [0.29, 0.717) is 53.7 Å². The Labute approximate surface area is 231 Å². The molecule has 210 valence electrons. The second-order valence-electron chi connectivity index (χ2n) is 12.1. The number of aromatic nitrogens is 4. The Morgan fingerprint density at radius 1 is 1.20 bits per heavy atom. The molecule has 4 aromatic rings. The van der Waals surface area contributed by atoms with Crippen molar-refractivity contribution in [2.75, 3.05) is 26.2 Å². The van der Waals surface area contributed by atoms with Crippen molar-refractivity contribution in [1.82, 2.24) is 29.3 Å². The molecule has 10 heteroatoms. The van der Waals surface area contributed by atoms with Gasteiger partial charge in [-0.25, -0.2) is 14.4 Å². The molecule has 1 aliphatic carbocycles. The summed E-state index contributed by atoms with van der Waals surface area (Å²) in [7, 11) is 1.81. The third-order valence-corrected chi connectivity index (χ3v) is 8.58. The number of carbonyl (C=O) groups excluding carboxylic acids is 1. The van der Waals surface area contributed by atoms with Gasteiger partial charge in [0.2, 0.25) is 0 Å². The first-order chi connectivity index (χ1) is 19.2. The van der Waals surface area contributed by atoms with Crippen LogP contribution < -0.4 is 5.32 Å². The monoisotopic (exact) mass is 546 g/mol. The Morgan fingerprint density at radius 2 is 2.02 bits per heavy atom. The summed E-state index contributed by atoms with van der Waals surface area (Å²) in [4.78, 5) is 25.0. The molecule has 40 heavy (non-hydrogen) atoms. The quantitative estimate of drug-likeness (QED) is 0.397. The van der Waals surface area contributed by atoms with E-state index in [9.17, 15) is 9.90 Å². The van der Waals surface area contributed by atoms with Gasteiger partial charge in [-0.15, -0.1) is 0 Å². The number of imidazole rings is 1. The van der Waals surface area contributed by atoms with E-state index in [4.69, 9.17) is 14.7 Å². The fourth-order valence-electron chi connectivity index (χ4n) is 6.19. The van der Waals surface area contributed by atoms with Gasteiger partial charge >= 0.3 is 0 Å². The topological polar surface area (TPSA) is 97.4 Å². The predicted molar refractivity (Wildman–Crippen MR) is 149 cm³/mol. The smallest absolute Gasteiger partial charge is 0.254 e. The second-order valence-corrected chi connectivity index (χ2v) is 12.1. The molecule has 3 aliphatic rings. The van der Waals surface area contributed by atoms with Crippen molar-refractivity contribution in [3.8, 4) is 11.5 Å². The van der Waals surface area contributed by atoms with Crippen molar-refractivity contribution < 1.29 is 19.0 Å². The number of likely N-dealkylation sites (tertiary alicyclic amines) is 1. The van der Waals surface area contributed by atoms with Crippen LogP contribution in [-0.4, -0.2) is 73.4 Å². The first-order valence-electron chi connectivity index (χ1n) is 14.2. The lowest BCUT2D eigenvalue weighted by atomic mass is 9.99. The van der Waals surface area contributed by atoms with Gasteiger partial charge in [0.15, 0.2) is 5.82 Å². The van der Waals surface area contributed by atoms with Gasteiger partial charge in [-0.3, -0.25) is 4.79 Å². The molecule has 0 radical (unpaired) electrons. The minimum atomic E-state index is -1.07. The van der Waals surface area contributed by atoms with Gasteiger partial charge < -0.3 is 29.2 Å². The van der Waals surface area contributed by atoms with E-state index in [-0.39, 0.29) is 18.1 Å². The number of nitrogens with zero attached hydrogens (tertiary/aromatic N) is 5.